The lowest BCUT2D eigenvalue weighted by Crippen LogP contribution is -2.01. The van der Waals surface area contributed by atoms with Crippen LogP contribution in [-0.4, -0.2) is 18.7 Å². The number of hydrogen-bond acceptors (Lipinski definition) is 5. The van der Waals surface area contributed by atoms with E-state index in [-0.39, 0.29) is 0 Å². The number of aromatic nitrogens is 1. The van der Waals surface area contributed by atoms with E-state index in [0.29, 0.717) is 13.2 Å². The second-order valence-corrected chi connectivity index (χ2v) is 6.18. The number of thiazole rings is 1. The third-order valence-corrected chi connectivity index (χ3v) is 4.52. The fourth-order valence-electron chi connectivity index (χ4n) is 2.44. The molecule has 4 nitrogen and oxygen atoms in total. The molecule has 0 bridgehead atoms. The van der Waals surface area contributed by atoms with Crippen LogP contribution in [0.15, 0.2) is 47.4 Å². The molecule has 0 fully saturated rings. The summed E-state index contributed by atoms with van der Waals surface area (Å²) in [4.78, 5) is 4.51. The van der Waals surface area contributed by atoms with Gasteiger partial charge in [0.25, 0.3) is 0 Å². The van der Waals surface area contributed by atoms with Crippen LogP contribution in [0.2, 0.25) is 0 Å². The van der Waals surface area contributed by atoms with Crippen LogP contribution in [0.1, 0.15) is 17.8 Å². The number of rotatable bonds is 6. The van der Waals surface area contributed by atoms with Gasteiger partial charge in [-0.15, -0.1) is 11.3 Å². The van der Waals surface area contributed by atoms with Gasteiger partial charge in [0, 0.05) is 23.6 Å². The zero-order valence-electron chi connectivity index (χ0n) is 13.1. The highest BCUT2D eigenvalue weighted by molar-refractivity contribution is 7.09. The number of nitrogens with two attached hydrogens (primary N) is 1. The van der Waals surface area contributed by atoms with Crippen molar-refractivity contribution in [3.8, 4) is 22.8 Å². The first kappa shape index (κ1) is 15.8. The number of nitrogens with zero attached hydrogens (tertiary/aromatic N) is 1. The third kappa shape index (κ3) is 3.81. The van der Waals surface area contributed by atoms with Crippen molar-refractivity contribution in [2.24, 2.45) is 5.73 Å². The molecule has 5 heteroatoms. The summed E-state index contributed by atoms with van der Waals surface area (Å²) in [5, 5.41) is 2.91. The van der Waals surface area contributed by atoms with Gasteiger partial charge in [0.05, 0.1) is 12.8 Å². The van der Waals surface area contributed by atoms with Crippen molar-refractivity contribution < 1.29 is 9.47 Å². The predicted molar refractivity (Wildman–Crippen MR) is 93.9 cm³/mol. The number of ether oxygens (including phenoxy) is 2. The monoisotopic (exact) mass is 328 g/mol. The minimum absolute atomic E-state index is 0.455. The quantitative estimate of drug-likeness (QED) is 0.873. The van der Waals surface area contributed by atoms with Crippen LogP contribution in [-0.2, 0) is 6.54 Å². The zero-order chi connectivity index (χ0) is 16.1. The highest BCUT2D eigenvalue weighted by Crippen LogP contribution is 2.34. The Bertz CT molecular complexity index is 734. The molecule has 1 aromatic heterocycles. The molecule has 1 aliphatic rings. The summed E-state index contributed by atoms with van der Waals surface area (Å²) in [7, 11) is 1.66. The van der Waals surface area contributed by atoms with Crippen LogP contribution < -0.4 is 15.2 Å². The van der Waals surface area contributed by atoms with Crippen molar-refractivity contribution in [1.29, 1.82) is 0 Å². The van der Waals surface area contributed by atoms with Crippen molar-refractivity contribution in [2.45, 2.75) is 19.4 Å². The molecule has 3 rings (SSSR count). The highest BCUT2D eigenvalue weighted by Gasteiger charge is 2.11. The van der Waals surface area contributed by atoms with Gasteiger partial charge >= 0.3 is 0 Å². The molecule has 0 unspecified atom stereocenters. The molecule has 1 aromatic carbocycles. The van der Waals surface area contributed by atoms with E-state index < -0.39 is 0 Å². The maximum atomic E-state index is 5.87. The highest BCUT2D eigenvalue weighted by atomic mass is 32.1. The predicted octanol–water partition coefficient (Wildman–Crippen LogP) is 3.93. The topological polar surface area (TPSA) is 57.4 Å². The Balaban J connectivity index is 1.76. The van der Waals surface area contributed by atoms with Crippen molar-refractivity contribution in [2.75, 3.05) is 13.7 Å². The molecule has 0 amide bonds. The number of methoxy groups -OCH3 is 1. The maximum absolute atomic E-state index is 5.87. The molecule has 2 aromatic rings. The fourth-order valence-corrected chi connectivity index (χ4v) is 3.12. The van der Waals surface area contributed by atoms with Gasteiger partial charge < -0.3 is 15.2 Å². The van der Waals surface area contributed by atoms with Gasteiger partial charge in [-0.25, -0.2) is 4.98 Å². The minimum atomic E-state index is 0.455. The molecular weight excluding hydrogens is 308 g/mol. The Hall–Kier alpha value is -2.11. The minimum Gasteiger partial charge on any atom is -0.496 e. The summed E-state index contributed by atoms with van der Waals surface area (Å²) in [6.07, 6.45) is 8.73. The number of hydrogen-bond donors (Lipinski definition) is 1. The summed E-state index contributed by atoms with van der Waals surface area (Å²) in [6.45, 7) is 1.03. The smallest absolute Gasteiger partial charge is 0.131 e. The van der Waals surface area contributed by atoms with E-state index in [4.69, 9.17) is 15.2 Å². The maximum Gasteiger partial charge on any atom is 0.131 e. The lowest BCUT2D eigenvalue weighted by Gasteiger charge is -2.12. The van der Waals surface area contributed by atoms with E-state index in [1.54, 1.807) is 18.4 Å². The first-order chi connectivity index (χ1) is 11.3. The molecule has 1 heterocycles. The summed E-state index contributed by atoms with van der Waals surface area (Å²) >= 11 is 1.56. The van der Waals surface area contributed by atoms with Crippen molar-refractivity contribution in [3.05, 3.63) is 52.4 Å². The summed E-state index contributed by atoms with van der Waals surface area (Å²) in [6, 6.07) is 5.84. The summed E-state index contributed by atoms with van der Waals surface area (Å²) < 4.78 is 11.4. The van der Waals surface area contributed by atoms with Gasteiger partial charge in [-0.1, -0.05) is 18.2 Å². The lowest BCUT2D eigenvalue weighted by atomic mass is 10.1. The van der Waals surface area contributed by atoms with Crippen molar-refractivity contribution in [1.82, 2.24) is 4.98 Å². The van der Waals surface area contributed by atoms with Gasteiger partial charge in [-0.05, 0) is 30.5 Å². The SMILES string of the molecule is COc1cc(OCC2=CCCC=C2)ccc1-c1csc(CN)n1. The zero-order valence-corrected chi connectivity index (χ0v) is 13.9. The van der Waals surface area contributed by atoms with Gasteiger partial charge in [-0.3, -0.25) is 0 Å². The summed E-state index contributed by atoms with van der Waals surface area (Å²) in [5.74, 6) is 1.55. The largest absolute Gasteiger partial charge is 0.496 e. The lowest BCUT2D eigenvalue weighted by molar-refractivity contribution is 0.349. The van der Waals surface area contributed by atoms with Crippen LogP contribution >= 0.6 is 11.3 Å². The molecule has 0 radical (unpaired) electrons. The fraction of sp³-hybridized carbons (Fsp3) is 0.278. The summed E-state index contributed by atoms with van der Waals surface area (Å²) in [5.41, 5.74) is 8.68. The molecule has 0 spiro atoms. The van der Waals surface area contributed by atoms with Crippen LogP contribution in [0.25, 0.3) is 11.3 Å². The Labute approximate surface area is 140 Å². The third-order valence-electron chi connectivity index (χ3n) is 3.65. The standard InChI is InChI=1S/C18H20N2O2S/c1-21-17-9-14(22-11-13-5-3-2-4-6-13)7-8-15(17)16-12-23-18(10-19)20-16/h3,5-9,12H,2,4,10-11,19H2,1H3. The van der Waals surface area contributed by atoms with Crippen molar-refractivity contribution >= 4 is 11.3 Å². The Morgan fingerprint density at radius 3 is 2.91 bits per heavy atom. The van der Waals surface area contributed by atoms with E-state index in [1.165, 1.54) is 5.57 Å². The van der Waals surface area contributed by atoms with E-state index in [9.17, 15) is 0 Å². The Morgan fingerprint density at radius 1 is 1.30 bits per heavy atom. The second-order valence-electron chi connectivity index (χ2n) is 5.24. The number of allylic oxidation sites excluding steroid dienone is 2. The van der Waals surface area contributed by atoms with Crippen LogP contribution in [0.5, 0.6) is 11.5 Å². The second kappa shape index (κ2) is 7.44. The molecule has 0 saturated carbocycles. The van der Waals surface area contributed by atoms with Crippen molar-refractivity contribution in [3.63, 3.8) is 0 Å². The molecule has 0 atom stereocenters. The first-order valence-electron chi connectivity index (χ1n) is 7.61. The molecule has 2 N–H and O–H groups in total. The molecule has 0 saturated heterocycles. The van der Waals surface area contributed by atoms with E-state index in [2.05, 4.69) is 23.2 Å². The van der Waals surface area contributed by atoms with E-state index in [0.717, 1.165) is 40.6 Å². The molecule has 23 heavy (non-hydrogen) atoms. The molecule has 1 aliphatic carbocycles. The van der Waals surface area contributed by atoms with Crippen LogP contribution in [0, 0.1) is 0 Å². The molecular formula is C18H20N2O2S. The van der Waals surface area contributed by atoms with Crippen LogP contribution in [0.4, 0.5) is 0 Å². The average molecular weight is 328 g/mol. The Morgan fingerprint density at radius 2 is 2.22 bits per heavy atom. The number of benzene rings is 1. The van der Waals surface area contributed by atoms with E-state index in [1.807, 2.05) is 23.6 Å². The van der Waals surface area contributed by atoms with E-state index >= 15 is 0 Å². The average Bonchev–Trinajstić information content (AvgIpc) is 3.09. The molecule has 0 aliphatic heterocycles. The van der Waals surface area contributed by atoms with Gasteiger partial charge in [-0.2, -0.15) is 0 Å². The van der Waals surface area contributed by atoms with Gasteiger partial charge in [0.15, 0.2) is 0 Å². The van der Waals surface area contributed by atoms with Gasteiger partial charge in [0.2, 0.25) is 0 Å². The van der Waals surface area contributed by atoms with Crippen LogP contribution in [0.3, 0.4) is 0 Å². The Kier molecular flexibility index (Phi) is 5.10. The van der Waals surface area contributed by atoms with Gasteiger partial charge in [0.1, 0.15) is 23.1 Å². The molecule has 120 valence electrons. The first-order valence-corrected chi connectivity index (χ1v) is 8.49. The normalized spacial score (nSPS) is 13.7.